The maximum absolute atomic E-state index is 12.5. The molecule has 0 bridgehead atoms. The average molecular weight is 431 g/mol. The van der Waals surface area contributed by atoms with Crippen LogP contribution in [0.2, 0.25) is 0 Å². The largest absolute Gasteiger partial charge is 0.497 e. The number of ether oxygens (including phenoxy) is 2. The van der Waals surface area contributed by atoms with E-state index in [-0.39, 0.29) is 17.6 Å². The lowest BCUT2D eigenvalue weighted by Crippen LogP contribution is -2.26. The van der Waals surface area contributed by atoms with Crippen molar-refractivity contribution in [3.63, 3.8) is 0 Å². The molecule has 1 heterocycles. The molecule has 0 saturated heterocycles. The molecule has 1 amide bonds. The van der Waals surface area contributed by atoms with Crippen LogP contribution in [0, 0.1) is 0 Å². The van der Waals surface area contributed by atoms with Gasteiger partial charge in [0.25, 0.3) is 5.91 Å². The highest BCUT2D eigenvalue weighted by molar-refractivity contribution is 9.10. The number of methoxy groups -OCH3 is 2. The van der Waals surface area contributed by atoms with Crippen LogP contribution in [0.3, 0.4) is 0 Å². The molecule has 2 aromatic carbocycles. The lowest BCUT2D eigenvalue weighted by atomic mass is 10.1. The minimum Gasteiger partial charge on any atom is -0.497 e. The second kappa shape index (κ2) is 8.26. The molecule has 0 aliphatic carbocycles. The highest BCUT2D eigenvalue weighted by Crippen LogP contribution is 2.33. The number of hydrogen-bond donors (Lipinski definition) is 1. The zero-order valence-electron chi connectivity index (χ0n) is 15.2. The van der Waals surface area contributed by atoms with E-state index in [9.17, 15) is 4.79 Å². The van der Waals surface area contributed by atoms with Crippen LogP contribution >= 0.6 is 15.9 Å². The standard InChI is InChI=1S/C20H19BrN2O4/c1-12(13-4-6-14(21)7-5-13)22-20(24)17-11-19(27-23-17)16-10-15(25-2)8-9-18(16)26-3/h4-12H,1-3H3,(H,22,24). The average Bonchev–Trinajstić information content (AvgIpc) is 3.18. The van der Waals surface area contributed by atoms with Gasteiger partial charge in [-0.2, -0.15) is 0 Å². The zero-order chi connectivity index (χ0) is 19.4. The number of carbonyl (C=O) groups excluding carboxylic acids is 1. The van der Waals surface area contributed by atoms with Crippen molar-refractivity contribution in [2.24, 2.45) is 0 Å². The van der Waals surface area contributed by atoms with E-state index in [1.54, 1.807) is 38.5 Å². The van der Waals surface area contributed by atoms with Crippen LogP contribution in [0.4, 0.5) is 0 Å². The summed E-state index contributed by atoms with van der Waals surface area (Å²) < 4.78 is 16.9. The van der Waals surface area contributed by atoms with Gasteiger partial charge in [0.2, 0.25) is 0 Å². The Morgan fingerprint density at radius 2 is 1.85 bits per heavy atom. The van der Waals surface area contributed by atoms with Crippen molar-refractivity contribution in [3.8, 4) is 22.8 Å². The second-order valence-electron chi connectivity index (χ2n) is 5.89. The Kier molecular flexibility index (Phi) is 5.81. The lowest BCUT2D eigenvalue weighted by Gasteiger charge is -2.13. The third-order valence-corrected chi connectivity index (χ3v) is 4.66. The molecule has 3 aromatic rings. The predicted octanol–water partition coefficient (Wildman–Crippen LogP) is 4.61. The fourth-order valence-corrected chi connectivity index (χ4v) is 2.89. The number of halogens is 1. The summed E-state index contributed by atoms with van der Waals surface area (Å²) in [6, 6.07) is 14.5. The zero-order valence-corrected chi connectivity index (χ0v) is 16.7. The first-order chi connectivity index (χ1) is 13.0. The van der Waals surface area contributed by atoms with Gasteiger partial charge in [0.15, 0.2) is 11.5 Å². The molecule has 1 aromatic heterocycles. The Balaban J connectivity index is 1.79. The Bertz CT molecular complexity index is 937. The lowest BCUT2D eigenvalue weighted by molar-refractivity contribution is 0.0931. The van der Waals surface area contributed by atoms with Crippen molar-refractivity contribution in [3.05, 3.63) is 64.3 Å². The minimum absolute atomic E-state index is 0.169. The van der Waals surface area contributed by atoms with Crippen molar-refractivity contribution >= 4 is 21.8 Å². The quantitative estimate of drug-likeness (QED) is 0.617. The first kappa shape index (κ1) is 19.0. The molecule has 1 N–H and O–H groups in total. The fourth-order valence-electron chi connectivity index (χ4n) is 2.62. The number of rotatable bonds is 6. The number of benzene rings is 2. The fraction of sp³-hybridized carbons (Fsp3) is 0.200. The molecular formula is C20H19BrN2O4. The predicted molar refractivity (Wildman–Crippen MR) is 105 cm³/mol. The Labute approximate surface area is 165 Å². The topological polar surface area (TPSA) is 73.6 Å². The van der Waals surface area contributed by atoms with E-state index >= 15 is 0 Å². The number of amides is 1. The molecule has 1 unspecified atom stereocenters. The van der Waals surface area contributed by atoms with E-state index in [0.717, 1.165) is 10.0 Å². The van der Waals surface area contributed by atoms with Gasteiger partial charge in [-0.15, -0.1) is 0 Å². The molecule has 0 spiro atoms. The number of nitrogens with zero attached hydrogens (tertiary/aromatic N) is 1. The van der Waals surface area contributed by atoms with Gasteiger partial charge in [-0.1, -0.05) is 33.2 Å². The molecule has 0 aliphatic heterocycles. The van der Waals surface area contributed by atoms with Gasteiger partial charge in [-0.3, -0.25) is 4.79 Å². The summed E-state index contributed by atoms with van der Waals surface area (Å²) in [6.45, 7) is 1.91. The van der Waals surface area contributed by atoms with E-state index in [1.165, 1.54) is 0 Å². The molecule has 7 heteroatoms. The summed E-state index contributed by atoms with van der Waals surface area (Å²) in [5.41, 5.74) is 1.84. The van der Waals surface area contributed by atoms with Crippen LogP contribution in [0.5, 0.6) is 11.5 Å². The summed E-state index contributed by atoms with van der Waals surface area (Å²) >= 11 is 3.40. The van der Waals surface area contributed by atoms with E-state index in [1.807, 2.05) is 31.2 Å². The minimum atomic E-state index is -0.317. The van der Waals surface area contributed by atoms with Gasteiger partial charge in [0.05, 0.1) is 25.8 Å². The molecule has 140 valence electrons. The molecule has 6 nitrogen and oxygen atoms in total. The number of aromatic nitrogens is 1. The number of nitrogens with one attached hydrogen (secondary N) is 1. The van der Waals surface area contributed by atoms with Gasteiger partial charge >= 0.3 is 0 Å². The van der Waals surface area contributed by atoms with Crippen molar-refractivity contribution in [1.82, 2.24) is 10.5 Å². The van der Waals surface area contributed by atoms with Crippen LogP contribution in [-0.4, -0.2) is 25.3 Å². The molecule has 0 aliphatic rings. The highest BCUT2D eigenvalue weighted by atomic mass is 79.9. The van der Waals surface area contributed by atoms with Crippen molar-refractivity contribution in [1.29, 1.82) is 0 Å². The smallest absolute Gasteiger partial charge is 0.273 e. The van der Waals surface area contributed by atoms with Crippen molar-refractivity contribution in [2.75, 3.05) is 14.2 Å². The number of carbonyl (C=O) groups is 1. The van der Waals surface area contributed by atoms with Crippen molar-refractivity contribution < 1.29 is 18.8 Å². The molecular weight excluding hydrogens is 412 g/mol. The first-order valence-corrected chi connectivity index (χ1v) is 9.06. The Morgan fingerprint density at radius 1 is 1.11 bits per heavy atom. The summed E-state index contributed by atoms with van der Waals surface area (Å²) in [4.78, 5) is 12.5. The summed E-state index contributed by atoms with van der Waals surface area (Å²) in [5.74, 6) is 1.36. The van der Waals surface area contributed by atoms with Crippen LogP contribution in [-0.2, 0) is 0 Å². The Morgan fingerprint density at radius 3 is 2.52 bits per heavy atom. The van der Waals surface area contributed by atoms with Gasteiger partial charge < -0.3 is 19.3 Å². The molecule has 1 atom stereocenters. The van der Waals surface area contributed by atoms with E-state index in [4.69, 9.17) is 14.0 Å². The maximum atomic E-state index is 12.5. The van der Waals surface area contributed by atoms with Crippen molar-refractivity contribution in [2.45, 2.75) is 13.0 Å². The highest BCUT2D eigenvalue weighted by Gasteiger charge is 2.19. The van der Waals surface area contributed by atoms with Crippen LogP contribution in [0.1, 0.15) is 29.0 Å². The number of hydrogen-bond acceptors (Lipinski definition) is 5. The third-order valence-electron chi connectivity index (χ3n) is 4.13. The summed E-state index contributed by atoms with van der Waals surface area (Å²) in [7, 11) is 3.14. The van der Waals surface area contributed by atoms with Gasteiger partial charge in [-0.25, -0.2) is 0 Å². The molecule has 3 rings (SSSR count). The molecule has 0 saturated carbocycles. The third kappa shape index (κ3) is 4.31. The van der Waals surface area contributed by atoms with Crippen LogP contribution in [0.25, 0.3) is 11.3 Å². The van der Waals surface area contributed by atoms with Crippen LogP contribution < -0.4 is 14.8 Å². The SMILES string of the molecule is COc1ccc(OC)c(-c2cc(C(=O)NC(C)c3ccc(Br)cc3)no2)c1. The van der Waals surface area contributed by atoms with E-state index in [0.29, 0.717) is 22.8 Å². The second-order valence-corrected chi connectivity index (χ2v) is 6.80. The summed E-state index contributed by atoms with van der Waals surface area (Å²) in [5, 5.41) is 6.81. The molecule has 27 heavy (non-hydrogen) atoms. The van der Waals surface area contributed by atoms with E-state index < -0.39 is 0 Å². The molecule has 0 radical (unpaired) electrons. The molecule has 0 fully saturated rings. The van der Waals surface area contributed by atoms with Crippen LogP contribution in [0.15, 0.2) is 57.5 Å². The van der Waals surface area contributed by atoms with Gasteiger partial charge in [0.1, 0.15) is 11.5 Å². The summed E-state index contributed by atoms with van der Waals surface area (Å²) in [6.07, 6.45) is 0. The maximum Gasteiger partial charge on any atom is 0.273 e. The Hall–Kier alpha value is -2.80. The van der Waals surface area contributed by atoms with Gasteiger partial charge in [0, 0.05) is 10.5 Å². The van der Waals surface area contributed by atoms with Gasteiger partial charge in [-0.05, 0) is 42.8 Å². The first-order valence-electron chi connectivity index (χ1n) is 8.27. The monoisotopic (exact) mass is 430 g/mol. The normalized spacial score (nSPS) is 11.7. The van der Waals surface area contributed by atoms with E-state index in [2.05, 4.69) is 26.4 Å².